The average molecular weight is 229 g/mol. The zero-order valence-corrected chi connectivity index (χ0v) is 9.80. The number of ether oxygens (including phenoxy) is 2. The maximum absolute atomic E-state index is 5.68. The fourth-order valence-electron chi connectivity index (χ4n) is 1.59. The Morgan fingerprint density at radius 3 is 2.71 bits per heavy atom. The lowest BCUT2D eigenvalue weighted by atomic mass is 10.1. The third-order valence-electron chi connectivity index (χ3n) is 2.40. The zero-order valence-electron chi connectivity index (χ0n) is 9.80. The van der Waals surface area contributed by atoms with E-state index in [-0.39, 0.29) is 0 Å². The van der Waals surface area contributed by atoms with Gasteiger partial charge in [0, 0.05) is 30.6 Å². The highest BCUT2D eigenvalue weighted by atomic mass is 16.5. The van der Waals surface area contributed by atoms with Crippen LogP contribution in [0.2, 0.25) is 0 Å². The predicted molar refractivity (Wildman–Crippen MR) is 67.0 cm³/mol. The number of para-hydroxylation sites is 1. The maximum Gasteiger partial charge on any atom is 0.127 e. The lowest BCUT2D eigenvalue weighted by Gasteiger charge is -2.10. The summed E-state index contributed by atoms with van der Waals surface area (Å²) in [5, 5.41) is 0. The van der Waals surface area contributed by atoms with Gasteiger partial charge in [-0.2, -0.15) is 0 Å². The fourth-order valence-corrected chi connectivity index (χ4v) is 1.59. The van der Waals surface area contributed by atoms with Gasteiger partial charge in [0.2, 0.25) is 0 Å². The van der Waals surface area contributed by atoms with Crippen LogP contribution in [0.4, 0.5) is 0 Å². The van der Waals surface area contributed by atoms with E-state index in [0.717, 1.165) is 16.9 Å². The molecular formula is C14H15NO2. The van der Waals surface area contributed by atoms with Gasteiger partial charge in [-0.25, -0.2) is 0 Å². The first-order valence-corrected chi connectivity index (χ1v) is 5.53. The van der Waals surface area contributed by atoms with Crippen molar-refractivity contribution in [1.29, 1.82) is 0 Å². The largest absolute Gasteiger partial charge is 0.491 e. The van der Waals surface area contributed by atoms with E-state index in [1.54, 1.807) is 13.3 Å². The number of aromatic nitrogens is 1. The van der Waals surface area contributed by atoms with Gasteiger partial charge in [0.15, 0.2) is 0 Å². The quantitative estimate of drug-likeness (QED) is 0.739. The molecule has 2 rings (SSSR count). The van der Waals surface area contributed by atoms with E-state index in [1.807, 2.05) is 42.6 Å². The van der Waals surface area contributed by atoms with Crippen LogP contribution in [-0.4, -0.2) is 25.3 Å². The molecule has 0 aliphatic heterocycles. The van der Waals surface area contributed by atoms with Crippen molar-refractivity contribution < 1.29 is 9.47 Å². The van der Waals surface area contributed by atoms with Crippen LogP contribution in [0.1, 0.15) is 0 Å². The second-order valence-corrected chi connectivity index (χ2v) is 3.58. The molecule has 1 aromatic heterocycles. The molecule has 1 aromatic carbocycles. The van der Waals surface area contributed by atoms with Gasteiger partial charge in [0.25, 0.3) is 0 Å². The number of pyridine rings is 1. The van der Waals surface area contributed by atoms with Crippen molar-refractivity contribution in [3.8, 4) is 16.9 Å². The molecule has 0 aliphatic rings. The van der Waals surface area contributed by atoms with Gasteiger partial charge < -0.3 is 9.47 Å². The third kappa shape index (κ3) is 3.04. The number of hydrogen-bond acceptors (Lipinski definition) is 3. The second-order valence-electron chi connectivity index (χ2n) is 3.58. The highest BCUT2D eigenvalue weighted by Crippen LogP contribution is 2.28. The molecule has 0 saturated heterocycles. The first-order chi connectivity index (χ1) is 8.42. The van der Waals surface area contributed by atoms with E-state index in [1.165, 1.54) is 0 Å². The van der Waals surface area contributed by atoms with Gasteiger partial charge in [-0.05, 0) is 12.1 Å². The summed E-state index contributed by atoms with van der Waals surface area (Å²) >= 11 is 0. The molecule has 3 heteroatoms. The molecule has 0 amide bonds. The van der Waals surface area contributed by atoms with Crippen molar-refractivity contribution >= 4 is 0 Å². The lowest BCUT2D eigenvalue weighted by molar-refractivity contribution is 0.146. The van der Waals surface area contributed by atoms with Crippen LogP contribution in [0.5, 0.6) is 5.75 Å². The van der Waals surface area contributed by atoms with Gasteiger partial charge in [-0.1, -0.05) is 24.3 Å². The molecule has 0 bridgehead atoms. The Morgan fingerprint density at radius 2 is 1.94 bits per heavy atom. The summed E-state index contributed by atoms with van der Waals surface area (Å²) in [7, 11) is 1.66. The molecule has 0 saturated carbocycles. The van der Waals surface area contributed by atoms with Crippen LogP contribution < -0.4 is 4.74 Å². The fraction of sp³-hybridized carbons (Fsp3) is 0.214. The Hall–Kier alpha value is -1.87. The van der Waals surface area contributed by atoms with Gasteiger partial charge in [-0.3, -0.25) is 4.98 Å². The van der Waals surface area contributed by atoms with E-state index in [0.29, 0.717) is 13.2 Å². The molecule has 17 heavy (non-hydrogen) atoms. The Bertz CT molecular complexity index is 457. The number of nitrogens with zero attached hydrogens (tertiary/aromatic N) is 1. The lowest BCUT2D eigenvalue weighted by Crippen LogP contribution is -2.04. The molecule has 0 radical (unpaired) electrons. The summed E-state index contributed by atoms with van der Waals surface area (Å²) in [6.07, 6.45) is 3.59. The number of methoxy groups -OCH3 is 1. The maximum atomic E-state index is 5.68. The van der Waals surface area contributed by atoms with Crippen LogP contribution in [0.25, 0.3) is 11.1 Å². The minimum absolute atomic E-state index is 0.549. The van der Waals surface area contributed by atoms with E-state index in [9.17, 15) is 0 Å². The van der Waals surface area contributed by atoms with Crippen LogP contribution in [0, 0.1) is 0 Å². The highest BCUT2D eigenvalue weighted by molar-refractivity contribution is 5.69. The van der Waals surface area contributed by atoms with Crippen molar-refractivity contribution in [2.45, 2.75) is 0 Å². The van der Waals surface area contributed by atoms with Crippen molar-refractivity contribution in [3.63, 3.8) is 0 Å². The predicted octanol–water partition coefficient (Wildman–Crippen LogP) is 2.77. The first kappa shape index (κ1) is 11.6. The number of rotatable bonds is 5. The summed E-state index contributed by atoms with van der Waals surface area (Å²) in [6, 6.07) is 11.9. The van der Waals surface area contributed by atoms with E-state index < -0.39 is 0 Å². The van der Waals surface area contributed by atoms with Gasteiger partial charge in [-0.15, -0.1) is 0 Å². The van der Waals surface area contributed by atoms with E-state index >= 15 is 0 Å². The molecule has 3 nitrogen and oxygen atoms in total. The molecule has 0 atom stereocenters. The topological polar surface area (TPSA) is 31.4 Å². The van der Waals surface area contributed by atoms with Crippen LogP contribution in [0.15, 0.2) is 48.8 Å². The summed E-state index contributed by atoms with van der Waals surface area (Å²) in [5.74, 6) is 0.859. The van der Waals surface area contributed by atoms with Crippen molar-refractivity contribution in [1.82, 2.24) is 4.98 Å². The zero-order chi connectivity index (χ0) is 11.9. The average Bonchev–Trinajstić information content (AvgIpc) is 2.41. The Labute approximate surface area is 101 Å². The Balaban J connectivity index is 2.22. The van der Waals surface area contributed by atoms with Gasteiger partial charge in [0.05, 0.1) is 6.61 Å². The first-order valence-electron chi connectivity index (χ1n) is 5.53. The minimum atomic E-state index is 0.549. The highest BCUT2D eigenvalue weighted by Gasteiger charge is 2.04. The van der Waals surface area contributed by atoms with E-state index in [2.05, 4.69) is 4.98 Å². The SMILES string of the molecule is COCCOc1ccccc1-c1cccnc1. The van der Waals surface area contributed by atoms with Gasteiger partial charge >= 0.3 is 0 Å². The molecule has 1 heterocycles. The summed E-state index contributed by atoms with van der Waals surface area (Å²) in [4.78, 5) is 4.12. The summed E-state index contributed by atoms with van der Waals surface area (Å²) in [6.45, 7) is 1.13. The Morgan fingerprint density at radius 1 is 1.06 bits per heavy atom. The van der Waals surface area contributed by atoms with Crippen LogP contribution >= 0.6 is 0 Å². The molecule has 0 fully saturated rings. The smallest absolute Gasteiger partial charge is 0.127 e. The molecule has 2 aromatic rings. The van der Waals surface area contributed by atoms with Crippen molar-refractivity contribution in [2.75, 3.05) is 20.3 Å². The molecule has 0 unspecified atom stereocenters. The normalized spacial score (nSPS) is 10.2. The molecule has 0 N–H and O–H groups in total. The molecule has 88 valence electrons. The van der Waals surface area contributed by atoms with Crippen molar-refractivity contribution in [3.05, 3.63) is 48.8 Å². The monoisotopic (exact) mass is 229 g/mol. The van der Waals surface area contributed by atoms with Gasteiger partial charge in [0.1, 0.15) is 12.4 Å². The van der Waals surface area contributed by atoms with Crippen LogP contribution in [-0.2, 0) is 4.74 Å². The third-order valence-corrected chi connectivity index (χ3v) is 2.40. The molecule has 0 aliphatic carbocycles. The summed E-state index contributed by atoms with van der Waals surface area (Å²) in [5.41, 5.74) is 2.11. The summed E-state index contributed by atoms with van der Waals surface area (Å²) < 4.78 is 10.7. The second kappa shape index (κ2) is 6.01. The molecular weight excluding hydrogens is 214 g/mol. The minimum Gasteiger partial charge on any atom is -0.491 e. The standard InChI is InChI=1S/C14H15NO2/c1-16-9-10-17-14-7-3-2-6-13(14)12-5-4-8-15-11-12/h2-8,11H,9-10H2,1H3. The van der Waals surface area contributed by atoms with E-state index in [4.69, 9.17) is 9.47 Å². The van der Waals surface area contributed by atoms with Crippen LogP contribution in [0.3, 0.4) is 0 Å². The number of benzene rings is 1. The number of hydrogen-bond donors (Lipinski definition) is 0. The Kier molecular flexibility index (Phi) is 4.11. The molecule has 0 spiro atoms. The van der Waals surface area contributed by atoms with Crippen molar-refractivity contribution in [2.24, 2.45) is 0 Å².